The number of aryl methyl sites for hydroxylation is 1. The van der Waals surface area contributed by atoms with Gasteiger partial charge in [0.05, 0.1) is 16.9 Å². The van der Waals surface area contributed by atoms with Crippen LogP contribution in [0.5, 0.6) is 0 Å². The number of nitrogens with two attached hydrogens (primary N) is 1. The molecule has 0 bridgehead atoms. The van der Waals surface area contributed by atoms with Gasteiger partial charge in [0.15, 0.2) is 0 Å². The Morgan fingerprint density at radius 1 is 1.15 bits per heavy atom. The van der Waals surface area contributed by atoms with E-state index in [2.05, 4.69) is 18.0 Å². The SMILES string of the molecule is Cc1ccccc1-c1ncc(C(N)=O)c2c1-c1ccc(C(C)(C)O)cc1C2. The van der Waals surface area contributed by atoms with Crippen molar-refractivity contribution < 1.29 is 9.90 Å². The Labute approximate surface area is 158 Å². The van der Waals surface area contributed by atoms with Crippen LogP contribution in [0, 0.1) is 6.92 Å². The minimum Gasteiger partial charge on any atom is -0.386 e. The monoisotopic (exact) mass is 358 g/mol. The first-order valence-corrected chi connectivity index (χ1v) is 9.01. The zero-order valence-electron chi connectivity index (χ0n) is 15.7. The molecule has 4 heteroatoms. The fraction of sp³-hybridized carbons (Fsp3) is 0.217. The van der Waals surface area contributed by atoms with E-state index in [1.54, 1.807) is 20.0 Å². The standard InChI is InChI=1S/C23H22N2O2/c1-13-6-4-5-7-16(13)21-20-17-9-8-15(23(2,3)27)10-14(17)11-18(20)19(12-25-21)22(24)26/h4-10,12,27H,11H2,1-3H3,(H2,24,26). The molecule has 1 aromatic heterocycles. The van der Waals surface area contributed by atoms with E-state index in [1.165, 1.54) is 0 Å². The molecule has 0 unspecified atom stereocenters. The molecule has 0 radical (unpaired) electrons. The van der Waals surface area contributed by atoms with Crippen LogP contribution in [-0.4, -0.2) is 16.0 Å². The van der Waals surface area contributed by atoms with Crippen molar-refractivity contribution in [3.8, 4) is 22.4 Å². The van der Waals surface area contributed by atoms with Gasteiger partial charge in [0, 0.05) is 17.3 Å². The predicted octanol–water partition coefficient (Wildman–Crippen LogP) is 3.95. The van der Waals surface area contributed by atoms with Gasteiger partial charge in [-0.2, -0.15) is 0 Å². The summed E-state index contributed by atoms with van der Waals surface area (Å²) in [4.78, 5) is 16.6. The van der Waals surface area contributed by atoms with E-state index < -0.39 is 11.5 Å². The predicted molar refractivity (Wildman–Crippen MR) is 106 cm³/mol. The first kappa shape index (κ1) is 17.4. The highest BCUT2D eigenvalue weighted by molar-refractivity contribution is 6.00. The number of hydrogen-bond acceptors (Lipinski definition) is 3. The fourth-order valence-corrected chi connectivity index (χ4v) is 3.83. The third-order valence-corrected chi connectivity index (χ3v) is 5.30. The zero-order chi connectivity index (χ0) is 19.3. The second-order valence-corrected chi connectivity index (χ2v) is 7.66. The lowest BCUT2D eigenvalue weighted by atomic mass is 9.92. The molecule has 1 aliphatic carbocycles. The van der Waals surface area contributed by atoms with Gasteiger partial charge in [-0.3, -0.25) is 9.78 Å². The second-order valence-electron chi connectivity index (χ2n) is 7.66. The number of fused-ring (bicyclic) bond motifs is 3. The molecule has 0 saturated heterocycles. The Morgan fingerprint density at radius 2 is 1.89 bits per heavy atom. The van der Waals surface area contributed by atoms with Gasteiger partial charge in [-0.15, -0.1) is 0 Å². The van der Waals surface area contributed by atoms with Gasteiger partial charge in [0.1, 0.15) is 0 Å². The number of aromatic nitrogens is 1. The molecule has 0 spiro atoms. The van der Waals surface area contributed by atoms with Crippen LogP contribution in [0.1, 0.15) is 46.5 Å². The summed E-state index contributed by atoms with van der Waals surface area (Å²) < 4.78 is 0. The van der Waals surface area contributed by atoms with Crippen molar-refractivity contribution in [1.82, 2.24) is 4.98 Å². The lowest BCUT2D eigenvalue weighted by Gasteiger charge is -2.19. The van der Waals surface area contributed by atoms with Crippen LogP contribution in [0.2, 0.25) is 0 Å². The molecule has 0 aliphatic heterocycles. The van der Waals surface area contributed by atoms with Crippen LogP contribution in [0.15, 0.2) is 48.7 Å². The normalized spacial score (nSPS) is 12.6. The molecule has 4 rings (SSSR count). The summed E-state index contributed by atoms with van der Waals surface area (Å²) in [5.41, 5.74) is 13.1. The van der Waals surface area contributed by atoms with Gasteiger partial charge in [0.25, 0.3) is 5.91 Å². The van der Waals surface area contributed by atoms with Crippen LogP contribution >= 0.6 is 0 Å². The number of amides is 1. The van der Waals surface area contributed by atoms with Crippen LogP contribution in [-0.2, 0) is 12.0 Å². The van der Waals surface area contributed by atoms with Gasteiger partial charge in [-0.25, -0.2) is 0 Å². The van der Waals surface area contributed by atoms with Gasteiger partial charge in [-0.05, 0) is 55.0 Å². The highest BCUT2D eigenvalue weighted by Crippen LogP contribution is 2.44. The van der Waals surface area contributed by atoms with Gasteiger partial charge in [0.2, 0.25) is 0 Å². The Morgan fingerprint density at radius 3 is 2.56 bits per heavy atom. The number of primary amides is 1. The third kappa shape index (κ3) is 2.82. The Balaban J connectivity index is 2.00. The fourth-order valence-electron chi connectivity index (χ4n) is 3.83. The summed E-state index contributed by atoms with van der Waals surface area (Å²) >= 11 is 0. The van der Waals surface area contributed by atoms with E-state index in [0.717, 1.165) is 44.6 Å². The summed E-state index contributed by atoms with van der Waals surface area (Å²) in [6.45, 7) is 5.59. The molecule has 0 saturated carbocycles. The minimum absolute atomic E-state index is 0.461. The number of pyridine rings is 1. The maximum atomic E-state index is 12.0. The molecule has 3 N–H and O–H groups in total. The van der Waals surface area contributed by atoms with Crippen molar-refractivity contribution in [2.24, 2.45) is 5.73 Å². The molecule has 1 aliphatic rings. The minimum atomic E-state index is -0.923. The van der Waals surface area contributed by atoms with Crippen molar-refractivity contribution in [2.45, 2.75) is 32.8 Å². The van der Waals surface area contributed by atoms with E-state index in [1.807, 2.05) is 36.4 Å². The topological polar surface area (TPSA) is 76.2 Å². The number of aliphatic hydroxyl groups is 1. The second kappa shape index (κ2) is 6.03. The summed E-state index contributed by atoms with van der Waals surface area (Å²) in [6, 6.07) is 14.1. The largest absolute Gasteiger partial charge is 0.386 e. The lowest BCUT2D eigenvalue weighted by molar-refractivity contribution is 0.0785. The van der Waals surface area contributed by atoms with Crippen LogP contribution in [0.4, 0.5) is 0 Å². The Hall–Kier alpha value is -2.98. The average molecular weight is 358 g/mol. The molecule has 2 aromatic carbocycles. The molecule has 0 atom stereocenters. The average Bonchev–Trinajstić information content (AvgIpc) is 2.99. The van der Waals surface area contributed by atoms with Crippen molar-refractivity contribution in [3.63, 3.8) is 0 Å². The number of rotatable bonds is 3. The highest BCUT2D eigenvalue weighted by Gasteiger charge is 2.29. The molecule has 0 fully saturated rings. The van der Waals surface area contributed by atoms with E-state index >= 15 is 0 Å². The molecular formula is C23H22N2O2. The van der Waals surface area contributed by atoms with E-state index in [-0.39, 0.29) is 0 Å². The zero-order valence-corrected chi connectivity index (χ0v) is 15.7. The number of carbonyl (C=O) groups excluding carboxylic acids is 1. The molecular weight excluding hydrogens is 336 g/mol. The van der Waals surface area contributed by atoms with Crippen LogP contribution in [0.25, 0.3) is 22.4 Å². The summed E-state index contributed by atoms with van der Waals surface area (Å²) in [5.74, 6) is -0.467. The maximum Gasteiger partial charge on any atom is 0.250 e. The van der Waals surface area contributed by atoms with Crippen LogP contribution in [0.3, 0.4) is 0 Å². The molecule has 136 valence electrons. The van der Waals surface area contributed by atoms with Crippen molar-refractivity contribution >= 4 is 5.91 Å². The number of hydrogen-bond donors (Lipinski definition) is 2. The molecule has 1 amide bonds. The lowest BCUT2D eigenvalue weighted by Crippen LogP contribution is -2.15. The van der Waals surface area contributed by atoms with Crippen molar-refractivity contribution in [3.05, 3.63) is 76.5 Å². The Bertz CT molecular complexity index is 1080. The molecule has 3 aromatic rings. The molecule has 4 nitrogen and oxygen atoms in total. The first-order valence-electron chi connectivity index (χ1n) is 9.01. The maximum absolute atomic E-state index is 12.0. The first-order chi connectivity index (χ1) is 12.8. The number of benzene rings is 2. The molecule has 27 heavy (non-hydrogen) atoms. The van der Waals surface area contributed by atoms with Crippen LogP contribution < -0.4 is 5.73 Å². The summed E-state index contributed by atoms with van der Waals surface area (Å²) in [5, 5.41) is 10.4. The number of carbonyl (C=O) groups is 1. The molecule has 1 heterocycles. The van der Waals surface area contributed by atoms with Gasteiger partial charge < -0.3 is 10.8 Å². The van der Waals surface area contributed by atoms with E-state index in [9.17, 15) is 9.90 Å². The van der Waals surface area contributed by atoms with E-state index in [4.69, 9.17) is 5.73 Å². The van der Waals surface area contributed by atoms with Gasteiger partial charge >= 0.3 is 0 Å². The highest BCUT2D eigenvalue weighted by atomic mass is 16.3. The van der Waals surface area contributed by atoms with Crippen molar-refractivity contribution in [2.75, 3.05) is 0 Å². The van der Waals surface area contributed by atoms with Gasteiger partial charge in [-0.1, -0.05) is 42.5 Å². The Kier molecular flexibility index (Phi) is 3.89. The summed E-state index contributed by atoms with van der Waals surface area (Å²) in [6.07, 6.45) is 2.19. The van der Waals surface area contributed by atoms with E-state index in [0.29, 0.717) is 12.0 Å². The quantitative estimate of drug-likeness (QED) is 0.582. The third-order valence-electron chi connectivity index (χ3n) is 5.30. The number of nitrogens with zero attached hydrogens (tertiary/aromatic N) is 1. The summed E-state index contributed by atoms with van der Waals surface area (Å²) in [7, 11) is 0. The van der Waals surface area contributed by atoms with Crippen molar-refractivity contribution in [1.29, 1.82) is 0 Å². The smallest absolute Gasteiger partial charge is 0.250 e.